The van der Waals surface area contributed by atoms with Gasteiger partial charge in [-0.15, -0.1) is 0 Å². The predicted molar refractivity (Wildman–Crippen MR) is 54.9 cm³/mol. The summed E-state index contributed by atoms with van der Waals surface area (Å²) in [4.78, 5) is 11.5. The number of carbonyl (C=O) groups excluding carboxylic acids is 1. The van der Waals surface area contributed by atoms with Gasteiger partial charge in [0.15, 0.2) is 0 Å². The number of amides is 1. The predicted octanol–water partition coefficient (Wildman–Crippen LogP) is 0.409. The second kappa shape index (κ2) is 5.98. The van der Waals surface area contributed by atoms with Crippen molar-refractivity contribution in [1.29, 1.82) is 0 Å². The Morgan fingerprint density at radius 2 is 2.50 bits per heavy atom. The van der Waals surface area contributed by atoms with Gasteiger partial charge in [-0.25, -0.2) is 0 Å². The van der Waals surface area contributed by atoms with E-state index < -0.39 is 0 Å². The summed E-state index contributed by atoms with van der Waals surface area (Å²) in [6.45, 7) is 3.32. The summed E-state index contributed by atoms with van der Waals surface area (Å²) in [6, 6.07) is 0.115. The summed E-state index contributed by atoms with van der Waals surface area (Å²) in [5.74, 6) is 0.0641. The van der Waals surface area contributed by atoms with Crippen molar-refractivity contribution in [2.24, 2.45) is 5.73 Å². The minimum atomic E-state index is 0.0641. The molecule has 2 unspecified atom stereocenters. The molecule has 4 nitrogen and oxygen atoms in total. The normalized spacial score (nSPS) is 23.4. The third-order valence-electron chi connectivity index (χ3n) is 2.58. The van der Waals surface area contributed by atoms with Gasteiger partial charge in [0.05, 0.1) is 12.5 Å². The summed E-state index contributed by atoms with van der Waals surface area (Å²) in [7, 11) is 0. The molecule has 0 bridgehead atoms. The lowest BCUT2D eigenvalue weighted by Gasteiger charge is -2.16. The molecule has 1 amide bonds. The van der Waals surface area contributed by atoms with Crippen molar-refractivity contribution in [3.05, 3.63) is 0 Å². The van der Waals surface area contributed by atoms with Gasteiger partial charge in [-0.1, -0.05) is 6.92 Å². The number of ether oxygens (including phenoxy) is 1. The highest BCUT2D eigenvalue weighted by Gasteiger charge is 2.19. The van der Waals surface area contributed by atoms with Gasteiger partial charge < -0.3 is 15.8 Å². The van der Waals surface area contributed by atoms with Crippen LogP contribution in [0.1, 0.15) is 32.6 Å². The Labute approximate surface area is 85.2 Å². The fourth-order valence-corrected chi connectivity index (χ4v) is 1.63. The maximum absolute atomic E-state index is 11.5. The van der Waals surface area contributed by atoms with Crippen LogP contribution in [0, 0.1) is 0 Å². The van der Waals surface area contributed by atoms with Crippen LogP contribution in [0.5, 0.6) is 0 Å². The van der Waals surface area contributed by atoms with E-state index in [4.69, 9.17) is 10.5 Å². The maximum atomic E-state index is 11.5. The molecular weight excluding hydrogens is 180 g/mol. The fourth-order valence-electron chi connectivity index (χ4n) is 1.63. The summed E-state index contributed by atoms with van der Waals surface area (Å²) >= 11 is 0. The molecule has 1 aliphatic heterocycles. The van der Waals surface area contributed by atoms with Crippen molar-refractivity contribution >= 4 is 5.91 Å². The Bertz CT molecular complexity index is 169. The molecule has 1 aliphatic rings. The molecule has 0 aromatic carbocycles. The summed E-state index contributed by atoms with van der Waals surface area (Å²) < 4.78 is 5.38. The number of hydrogen-bond donors (Lipinski definition) is 2. The number of rotatable bonds is 5. The molecule has 82 valence electrons. The largest absolute Gasteiger partial charge is 0.378 e. The average molecular weight is 200 g/mol. The summed E-state index contributed by atoms with van der Waals surface area (Å²) in [6.07, 6.45) is 3.58. The van der Waals surface area contributed by atoms with Crippen LogP contribution < -0.4 is 11.1 Å². The Morgan fingerprint density at radius 1 is 1.71 bits per heavy atom. The molecule has 0 radical (unpaired) electrons. The Hall–Kier alpha value is -0.610. The second-order valence-corrected chi connectivity index (χ2v) is 3.75. The minimum Gasteiger partial charge on any atom is -0.378 e. The number of nitrogens with two attached hydrogens (primary N) is 1. The van der Waals surface area contributed by atoms with Gasteiger partial charge in [0.25, 0.3) is 0 Å². The molecule has 2 atom stereocenters. The van der Waals surface area contributed by atoms with E-state index in [0.29, 0.717) is 13.0 Å². The van der Waals surface area contributed by atoms with Gasteiger partial charge in [0.2, 0.25) is 5.91 Å². The molecule has 0 aromatic rings. The van der Waals surface area contributed by atoms with E-state index in [1.165, 1.54) is 0 Å². The molecule has 0 aliphatic carbocycles. The topological polar surface area (TPSA) is 64.3 Å². The first-order valence-corrected chi connectivity index (χ1v) is 5.37. The smallest absolute Gasteiger partial charge is 0.222 e. The molecule has 14 heavy (non-hydrogen) atoms. The molecule has 3 N–H and O–H groups in total. The third kappa shape index (κ3) is 3.64. The van der Waals surface area contributed by atoms with Crippen LogP contribution in [-0.2, 0) is 9.53 Å². The van der Waals surface area contributed by atoms with Crippen molar-refractivity contribution in [2.75, 3.05) is 13.2 Å². The van der Waals surface area contributed by atoms with Gasteiger partial charge >= 0.3 is 0 Å². The van der Waals surface area contributed by atoms with E-state index >= 15 is 0 Å². The van der Waals surface area contributed by atoms with Gasteiger partial charge in [0.1, 0.15) is 0 Å². The number of carbonyl (C=O) groups is 1. The molecule has 1 saturated heterocycles. The highest BCUT2D eigenvalue weighted by molar-refractivity contribution is 5.76. The maximum Gasteiger partial charge on any atom is 0.222 e. The molecular formula is C10H20N2O2. The molecule has 1 rings (SSSR count). The van der Waals surface area contributed by atoms with Crippen molar-refractivity contribution in [3.63, 3.8) is 0 Å². The Balaban J connectivity index is 2.20. The van der Waals surface area contributed by atoms with Crippen LogP contribution in [0.4, 0.5) is 0 Å². The van der Waals surface area contributed by atoms with Crippen LogP contribution >= 0.6 is 0 Å². The van der Waals surface area contributed by atoms with Crippen LogP contribution in [0.25, 0.3) is 0 Å². The van der Waals surface area contributed by atoms with Crippen molar-refractivity contribution in [1.82, 2.24) is 5.32 Å². The summed E-state index contributed by atoms with van der Waals surface area (Å²) in [5, 5.41) is 2.90. The van der Waals surface area contributed by atoms with Crippen LogP contribution in [0.2, 0.25) is 0 Å². The van der Waals surface area contributed by atoms with E-state index in [1.807, 2.05) is 6.92 Å². The minimum absolute atomic E-state index is 0.0641. The van der Waals surface area contributed by atoms with E-state index in [0.717, 1.165) is 25.9 Å². The van der Waals surface area contributed by atoms with Crippen LogP contribution in [-0.4, -0.2) is 31.2 Å². The van der Waals surface area contributed by atoms with E-state index in [-0.39, 0.29) is 18.1 Å². The van der Waals surface area contributed by atoms with Gasteiger partial charge in [-0.05, 0) is 19.3 Å². The van der Waals surface area contributed by atoms with E-state index in [9.17, 15) is 4.79 Å². The zero-order valence-corrected chi connectivity index (χ0v) is 8.79. The van der Waals surface area contributed by atoms with Gasteiger partial charge in [0, 0.05) is 19.2 Å². The first kappa shape index (κ1) is 11.5. The molecule has 0 spiro atoms. The number of nitrogens with one attached hydrogen (secondary N) is 1. The Morgan fingerprint density at radius 3 is 3.00 bits per heavy atom. The number of hydrogen-bond acceptors (Lipinski definition) is 3. The molecule has 0 saturated carbocycles. The van der Waals surface area contributed by atoms with Gasteiger partial charge in [-0.2, -0.15) is 0 Å². The lowest BCUT2D eigenvalue weighted by atomic mass is 10.1. The first-order valence-electron chi connectivity index (χ1n) is 5.37. The fraction of sp³-hybridized carbons (Fsp3) is 0.900. The SMILES string of the molecule is CCC(CN)NC(=O)CC1CCCO1. The molecule has 0 aromatic heterocycles. The third-order valence-corrected chi connectivity index (χ3v) is 2.58. The quantitative estimate of drug-likeness (QED) is 0.675. The van der Waals surface area contributed by atoms with Crippen molar-refractivity contribution in [2.45, 2.75) is 44.8 Å². The van der Waals surface area contributed by atoms with Crippen LogP contribution in [0.15, 0.2) is 0 Å². The standard InChI is InChI=1S/C10H20N2O2/c1-2-8(7-11)12-10(13)6-9-4-3-5-14-9/h8-9H,2-7,11H2,1H3,(H,12,13). The average Bonchev–Trinajstić information content (AvgIpc) is 2.66. The molecule has 1 heterocycles. The summed E-state index contributed by atoms with van der Waals surface area (Å²) in [5.41, 5.74) is 5.49. The van der Waals surface area contributed by atoms with Gasteiger partial charge in [-0.3, -0.25) is 4.79 Å². The van der Waals surface area contributed by atoms with E-state index in [1.54, 1.807) is 0 Å². The highest BCUT2D eigenvalue weighted by Crippen LogP contribution is 2.14. The lowest BCUT2D eigenvalue weighted by molar-refractivity contribution is -0.123. The zero-order valence-electron chi connectivity index (χ0n) is 8.79. The highest BCUT2D eigenvalue weighted by atomic mass is 16.5. The second-order valence-electron chi connectivity index (χ2n) is 3.75. The van der Waals surface area contributed by atoms with Crippen LogP contribution in [0.3, 0.4) is 0 Å². The first-order chi connectivity index (χ1) is 6.76. The van der Waals surface area contributed by atoms with Crippen molar-refractivity contribution < 1.29 is 9.53 Å². The Kier molecular flexibility index (Phi) is 4.90. The zero-order chi connectivity index (χ0) is 10.4. The monoisotopic (exact) mass is 200 g/mol. The van der Waals surface area contributed by atoms with Crippen molar-refractivity contribution in [3.8, 4) is 0 Å². The molecule has 4 heteroatoms. The molecule has 1 fully saturated rings. The van der Waals surface area contributed by atoms with E-state index in [2.05, 4.69) is 5.32 Å². The lowest BCUT2D eigenvalue weighted by Crippen LogP contribution is -2.40.